The molecule has 0 N–H and O–H groups in total. The Bertz CT molecular complexity index is 3550. The lowest BCUT2D eigenvalue weighted by Crippen LogP contribution is -2.17. The van der Waals surface area contributed by atoms with E-state index in [1.807, 2.05) is 0 Å². The third kappa shape index (κ3) is 6.63. The molecule has 1 aliphatic carbocycles. The van der Waals surface area contributed by atoms with E-state index >= 15 is 0 Å². The van der Waals surface area contributed by atoms with Gasteiger partial charge in [-0.3, -0.25) is 0 Å². The summed E-state index contributed by atoms with van der Waals surface area (Å²) >= 11 is 0. The second kappa shape index (κ2) is 16.1. The minimum Gasteiger partial charge on any atom is -0.309 e. The van der Waals surface area contributed by atoms with Crippen LogP contribution >= 0.6 is 0 Å². The minimum absolute atomic E-state index is 0.304. The van der Waals surface area contributed by atoms with Gasteiger partial charge in [0.2, 0.25) is 0 Å². The topological polar surface area (TPSA) is 3.24 Å². The van der Waals surface area contributed by atoms with Gasteiger partial charge in [0.05, 0.1) is 11.4 Å². The third-order valence-electron chi connectivity index (χ3n) is 13.9. The number of benzene rings is 11. The van der Waals surface area contributed by atoms with E-state index < -0.39 is 0 Å². The molecule has 0 spiro atoms. The molecule has 0 unspecified atom stereocenters. The molecule has 0 aromatic heterocycles. The smallest absolute Gasteiger partial charge is 0.0543 e. The molecule has 312 valence electrons. The molecule has 0 aliphatic heterocycles. The first-order chi connectivity index (χ1) is 32.5. The second-order valence-corrected chi connectivity index (χ2v) is 18.0. The number of para-hydroxylation sites is 1. The molecule has 1 aliphatic rings. The van der Waals surface area contributed by atoms with Crippen molar-refractivity contribution in [1.82, 2.24) is 0 Å². The van der Waals surface area contributed by atoms with Crippen molar-refractivity contribution in [2.24, 2.45) is 0 Å². The van der Waals surface area contributed by atoms with Gasteiger partial charge in [-0.1, -0.05) is 232 Å². The summed E-state index contributed by atoms with van der Waals surface area (Å²) in [5.74, 6) is 0. The Labute approximate surface area is 387 Å². The number of hydrogen-bond donors (Lipinski definition) is 0. The molecule has 0 amide bonds. The summed E-state index contributed by atoms with van der Waals surface area (Å²) in [5, 5.41) is 5.04. The van der Waals surface area contributed by atoms with Crippen molar-refractivity contribution in [3.63, 3.8) is 0 Å². The average molecular weight is 842 g/mol. The first kappa shape index (κ1) is 39.3. The molecular weight excluding hydrogens is 795 g/mol. The Kier molecular flexibility index (Phi) is 9.58. The number of rotatable bonds is 8. The van der Waals surface area contributed by atoms with Crippen molar-refractivity contribution in [2.45, 2.75) is 19.3 Å². The quantitative estimate of drug-likeness (QED) is 0.147. The van der Waals surface area contributed by atoms with Crippen molar-refractivity contribution in [2.75, 3.05) is 4.90 Å². The molecule has 0 atom stereocenters. The van der Waals surface area contributed by atoms with Crippen LogP contribution in [0.2, 0.25) is 0 Å². The van der Waals surface area contributed by atoms with Gasteiger partial charge in [0.1, 0.15) is 0 Å². The molecular formula is C65H47N. The van der Waals surface area contributed by atoms with Gasteiger partial charge >= 0.3 is 0 Å². The Hall–Kier alpha value is -8.26. The van der Waals surface area contributed by atoms with Gasteiger partial charge in [0.15, 0.2) is 0 Å². The fraction of sp³-hybridized carbons (Fsp3) is 0.0462. The van der Waals surface area contributed by atoms with Crippen LogP contribution in [0.3, 0.4) is 0 Å². The Morgan fingerprint density at radius 3 is 1.17 bits per heavy atom. The summed E-state index contributed by atoms with van der Waals surface area (Å²) in [5.41, 5.74) is 20.6. The maximum absolute atomic E-state index is 2.52. The van der Waals surface area contributed by atoms with E-state index in [9.17, 15) is 0 Å². The fourth-order valence-electron chi connectivity index (χ4n) is 10.5. The maximum Gasteiger partial charge on any atom is 0.0543 e. The minimum atomic E-state index is -0.304. The molecule has 0 bridgehead atoms. The third-order valence-corrected chi connectivity index (χ3v) is 13.9. The van der Waals surface area contributed by atoms with Crippen molar-refractivity contribution in [3.8, 4) is 66.8 Å². The van der Waals surface area contributed by atoms with Crippen LogP contribution in [0.4, 0.5) is 17.1 Å². The predicted octanol–water partition coefficient (Wildman–Crippen LogP) is 18.1. The zero-order chi connectivity index (χ0) is 44.2. The molecule has 0 heterocycles. The number of hydrogen-bond acceptors (Lipinski definition) is 1. The van der Waals surface area contributed by atoms with Gasteiger partial charge in [-0.2, -0.15) is 0 Å². The lowest BCUT2D eigenvalue weighted by atomic mass is 9.80. The van der Waals surface area contributed by atoms with E-state index in [0.29, 0.717) is 0 Å². The summed E-state index contributed by atoms with van der Waals surface area (Å²) < 4.78 is 0. The largest absolute Gasteiger partial charge is 0.309 e. The Morgan fingerprint density at radius 1 is 0.273 bits per heavy atom. The van der Waals surface area contributed by atoms with Crippen LogP contribution in [0.5, 0.6) is 0 Å². The van der Waals surface area contributed by atoms with Crippen LogP contribution in [0, 0.1) is 0 Å². The summed E-state index contributed by atoms with van der Waals surface area (Å²) in [6.45, 7) is 4.85. The summed E-state index contributed by atoms with van der Waals surface area (Å²) in [6, 6.07) is 91.3. The molecule has 0 saturated carbocycles. The van der Waals surface area contributed by atoms with Crippen molar-refractivity contribution < 1.29 is 0 Å². The van der Waals surface area contributed by atoms with Crippen molar-refractivity contribution in [3.05, 3.63) is 260 Å². The zero-order valence-corrected chi connectivity index (χ0v) is 37.1. The van der Waals surface area contributed by atoms with E-state index in [1.165, 1.54) is 99.4 Å². The molecule has 1 nitrogen and oxygen atoms in total. The Balaban J connectivity index is 1.06. The normalized spacial score (nSPS) is 12.5. The van der Waals surface area contributed by atoms with E-state index in [-0.39, 0.29) is 5.41 Å². The van der Waals surface area contributed by atoms with Crippen molar-refractivity contribution in [1.29, 1.82) is 0 Å². The lowest BCUT2D eigenvalue weighted by molar-refractivity contribution is 0.661. The van der Waals surface area contributed by atoms with Crippen LogP contribution in [0.15, 0.2) is 249 Å². The van der Waals surface area contributed by atoms with Gasteiger partial charge < -0.3 is 4.90 Å². The van der Waals surface area contributed by atoms with Crippen LogP contribution in [-0.4, -0.2) is 0 Å². The van der Waals surface area contributed by atoms with Gasteiger partial charge in [-0.25, -0.2) is 0 Å². The molecule has 66 heavy (non-hydrogen) atoms. The standard InChI is InChI=1S/C65H47N/c1-65(2)59-42-58(51-36-32-48(33-37-51)45-20-8-4-9-21-45)54-25-12-14-27-56(54)63(59)64-57-28-15-13-26-55(57)62(43-60(64)65)66(52-40-38-49(39-41-52)46-22-10-5-11-23-46)61-29-17-16-24-53(61)50-34-30-47(31-35-50)44-18-6-3-7-19-44/h3-43H,1-2H3. The van der Waals surface area contributed by atoms with Crippen molar-refractivity contribution >= 4 is 38.6 Å². The van der Waals surface area contributed by atoms with E-state index in [0.717, 1.165) is 17.1 Å². The zero-order valence-electron chi connectivity index (χ0n) is 37.1. The fourth-order valence-corrected chi connectivity index (χ4v) is 10.5. The monoisotopic (exact) mass is 841 g/mol. The molecule has 0 fully saturated rings. The summed E-state index contributed by atoms with van der Waals surface area (Å²) in [7, 11) is 0. The predicted molar refractivity (Wildman–Crippen MR) is 281 cm³/mol. The van der Waals surface area contributed by atoms with E-state index in [4.69, 9.17) is 0 Å². The maximum atomic E-state index is 2.52. The van der Waals surface area contributed by atoms with Gasteiger partial charge in [-0.15, -0.1) is 0 Å². The molecule has 11 aromatic rings. The molecule has 1 heteroatoms. The first-order valence-electron chi connectivity index (χ1n) is 23.0. The van der Waals surface area contributed by atoms with E-state index in [1.54, 1.807) is 0 Å². The van der Waals surface area contributed by atoms with Crippen LogP contribution < -0.4 is 4.90 Å². The molecule has 12 rings (SSSR count). The SMILES string of the molecule is CC1(C)c2cc(-c3ccc(-c4ccccc4)cc3)c3ccccc3c2-c2c1cc(N(c1ccc(-c3ccccc3)cc1)c1ccccc1-c1ccc(-c3ccccc3)cc1)c1ccccc21. The van der Waals surface area contributed by atoms with E-state index in [2.05, 4.69) is 267 Å². The first-order valence-corrected chi connectivity index (χ1v) is 23.0. The van der Waals surface area contributed by atoms with Crippen LogP contribution in [0.25, 0.3) is 88.3 Å². The van der Waals surface area contributed by atoms with Gasteiger partial charge in [0, 0.05) is 22.1 Å². The molecule has 0 saturated heterocycles. The molecule has 0 radical (unpaired) electrons. The summed E-state index contributed by atoms with van der Waals surface area (Å²) in [6.07, 6.45) is 0. The highest BCUT2D eigenvalue weighted by Crippen LogP contribution is 2.58. The average Bonchev–Trinajstić information content (AvgIpc) is 3.63. The lowest BCUT2D eigenvalue weighted by Gasteiger charge is -2.31. The van der Waals surface area contributed by atoms with Gasteiger partial charge in [0.25, 0.3) is 0 Å². The number of fused-ring (bicyclic) bond motifs is 7. The van der Waals surface area contributed by atoms with Crippen LogP contribution in [0.1, 0.15) is 25.0 Å². The highest BCUT2D eigenvalue weighted by molar-refractivity contribution is 6.17. The Morgan fingerprint density at radius 2 is 0.636 bits per heavy atom. The highest BCUT2D eigenvalue weighted by Gasteiger charge is 2.40. The van der Waals surface area contributed by atoms with Gasteiger partial charge in [-0.05, 0) is 119 Å². The summed E-state index contributed by atoms with van der Waals surface area (Å²) in [4.78, 5) is 2.51. The number of nitrogens with zero attached hydrogens (tertiary/aromatic N) is 1. The second-order valence-electron chi connectivity index (χ2n) is 18.0. The highest BCUT2D eigenvalue weighted by atomic mass is 15.1. The molecule has 11 aromatic carbocycles. The number of anilines is 3. The van der Waals surface area contributed by atoms with Crippen LogP contribution in [-0.2, 0) is 5.41 Å².